The number of halogens is 1. The lowest BCUT2D eigenvalue weighted by molar-refractivity contribution is -0.132. The molecule has 0 aromatic rings. The van der Waals surface area contributed by atoms with Crippen LogP contribution in [0.3, 0.4) is 0 Å². The van der Waals surface area contributed by atoms with Crippen molar-refractivity contribution in [3.63, 3.8) is 0 Å². The van der Waals surface area contributed by atoms with Crippen LogP contribution in [0, 0.1) is 11.3 Å². The van der Waals surface area contributed by atoms with Gasteiger partial charge in [0, 0.05) is 38.5 Å². The zero-order chi connectivity index (χ0) is 14.5. The maximum Gasteiger partial charge on any atom is 0.222 e. The van der Waals surface area contributed by atoms with E-state index in [-0.39, 0.29) is 5.41 Å². The number of carbonyl (C=O) groups is 1. The molecule has 1 saturated heterocycles. The van der Waals surface area contributed by atoms with Gasteiger partial charge in [-0.05, 0) is 24.3 Å². The first-order valence-electron chi connectivity index (χ1n) is 7.40. The zero-order valence-corrected chi connectivity index (χ0v) is 13.7. The molecule has 4 heteroatoms. The molecular formula is C15H29ClN2O. The second-order valence-corrected chi connectivity index (χ2v) is 7.11. The van der Waals surface area contributed by atoms with Crippen LogP contribution in [0.15, 0.2) is 0 Å². The van der Waals surface area contributed by atoms with Gasteiger partial charge in [-0.1, -0.05) is 27.7 Å². The molecule has 0 aromatic heterocycles. The predicted molar refractivity (Wildman–Crippen MR) is 81.6 cm³/mol. The smallest absolute Gasteiger partial charge is 0.222 e. The van der Waals surface area contributed by atoms with Crippen molar-refractivity contribution in [1.82, 2.24) is 9.80 Å². The Bertz CT molecular complexity index is 288. The number of hydrogen-bond donors (Lipinski definition) is 0. The van der Waals surface area contributed by atoms with Gasteiger partial charge < -0.3 is 9.80 Å². The summed E-state index contributed by atoms with van der Waals surface area (Å²) in [5.74, 6) is 1.41. The van der Waals surface area contributed by atoms with Gasteiger partial charge in [-0.3, -0.25) is 4.79 Å². The summed E-state index contributed by atoms with van der Waals surface area (Å²) in [7, 11) is 0. The minimum Gasteiger partial charge on any atom is -0.341 e. The highest BCUT2D eigenvalue weighted by Crippen LogP contribution is 2.28. The minimum atomic E-state index is 0.201. The third kappa shape index (κ3) is 5.70. The second kappa shape index (κ2) is 7.49. The molecule has 3 nitrogen and oxygen atoms in total. The van der Waals surface area contributed by atoms with Crippen molar-refractivity contribution in [1.29, 1.82) is 0 Å². The minimum absolute atomic E-state index is 0.201. The van der Waals surface area contributed by atoms with Gasteiger partial charge >= 0.3 is 0 Å². The number of amides is 1. The molecule has 0 spiro atoms. The van der Waals surface area contributed by atoms with Crippen LogP contribution in [0.4, 0.5) is 0 Å². The van der Waals surface area contributed by atoms with Crippen molar-refractivity contribution < 1.29 is 4.79 Å². The zero-order valence-electron chi connectivity index (χ0n) is 12.9. The average Bonchev–Trinajstić information content (AvgIpc) is 2.54. The van der Waals surface area contributed by atoms with Gasteiger partial charge in [0.15, 0.2) is 0 Å². The Kier molecular flexibility index (Phi) is 6.61. The van der Waals surface area contributed by atoms with Crippen LogP contribution >= 0.6 is 11.6 Å². The monoisotopic (exact) mass is 288 g/mol. The molecule has 19 heavy (non-hydrogen) atoms. The maximum atomic E-state index is 12.4. The van der Waals surface area contributed by atoms with Gasteiger partial charge in [-0.25, -0.2) is 0 Å². The average molecular weight is 289 g/mol. The van der Waals surface area contributed by atoms with E-state index < -0.39 is 0 Å². The highest BCUT2D eigenvalue weighted by Gasteiger charge is 2.26. The van der Waals surface area contributed by atoms with E-state index in [1.807, 2.05) is 4.90 Å². The van der Waals surface area contributed by atoms with Crippen LogP contribution in [0.5, 0.6) is 0 Å². The van der Waals surface area contributed by atoms with Crippen LogP contribution in [0.25, 0.3) is 0 Å². The first kappa shape index (κ1) is 16.8. The van der Waals surface area contributed by atoms with E-state index in [0.717, 1.165) is 39.1 Å². The molecule has 1 aliphatic heterocycles. The molecule has 0 saturated carbocycles. The molecule has 0 bridgehead atoms. The van der Waals surface area contributed by atoms with Crippen LogP contribution < -0.4 is 0 Å². The van der Waals surface area contributed by atoms with Gasteiger partial charge in [-0.2, -0.15) is 0 Å². The first-order chi connectivity index (χ1) is 8.84. The largest absolute Gasteiger partial charge is 0.341 e. The summed E-state index contributed by atoms with van der Waals surface area (Å²) in [5.41, 5.74) is 0.201. The van der Waals surface area contributed by atoms with E-state index in [9.17, 15) is 4.79 Å². The molecule has 112 valence electrons. The standard InChI is InChI=1S/C15H29ClN2O/c1-13(15(2,3)4)12-14(19)18-8-5-7-17(9-6-16)10-11-18/h13H,5-12H2,1-4H3. The summed E-state index contributed by atoms with van der Waals surface area (Å²) < 4.78 is 0. The molecule has 1 aliphatic rings. The van der Waals surface area contributed by atoms with Crippen molar-refractivity contribution >= 4 is 17.5 Å². The Balaban J connectivity index is 2.45. The molecule has 0 aromatic carbocycles. The van der Waals surface area contributed by atoms with Crippen LogP contribution in [0.1, 0.15) is 40.5 Å². The third-order valence-corrected chi connectivity index (χ3v) is 4.47. The molecule has 0 N–H and O–H groups in total. The van der Waals surface area contributed by atoms with Gasteiger partial charge in [0.25, 0.3) is 0 Å². The van der Waals surface area contributed by atoms with Crippen molar-refractivity contribution in [2.24, 2.45) is 11.3 Å². The normalized spacial score (nSPS) is 20.2. The molecule has 1 fully saturated rings. The second-order valence-electron chi connectivity index (χ2n) is 6.74. The molecule has 1 amide bonds. The third-order valence-electron chi connectivity index (χ3n) is 4.30. The summed E-state index contributed by atoms with van der Waals surface area (Å²) in [4.78, 5) is 16.7. The fraction of sp³-hybridized carbons (Fsp3) is 0.933. The van der Waals surface area contributed by atoms with Crippen LogP contribution in [-0.4, -0.2) is 54.3 Å². The highest BCUT2D eigenvalue weighted by molar-refractivity contribution is 6.18. The quantitative estimate of drug-likeness (QED) is 0.743. The van der Waals surface area contributed by atoms with Crippen molar-refractivity contribution in [2.45, 2.75) is 40.5 Å². The predicted octanol–water partition coefficient (Wildman–Crippen LogP) is 2.83. The molecule has 0 radical (unpaired) electrons. The molecule has 1 rings (SSSR count). The Morgan fingerprint density at radius 2 is 1.89 bits per heavy atom. The van der Waals surface area contributed by atoms with E-state index in [1.165, 1.54) is 0 Å². The van der Waals surface area contributed by atoms with Gasteiger partial charge in [-0.15, -0.1) is 11.6 Å². The lowest BCUT2D eigenvalue weighted by Gasteiger charge is -2.29. The van der Waals surface area contributed by atoms with E-state index in [4.69, 9.17) is 11.6 Å². The summed E-state index contributed by atoms with van der Waals surface area (Å²) >= 11 is 5.78. The molecule has 1 unspecified atom stereocenters. The van der Waals surface area contributed by atoms with E-state index in [2.05, 4.69) is 32.6 Å². The SMILES string of the molecule is CC(CC(=O)N1CCCN(CCCl)CC1)C(C)(C)C. The van der Waals surface area contributed by atoms with Gasteiger partial charge in [0.05, 0.1) is 0 Å². The van der Waals surface area contributed by atoms with Crippen LogP contribution in [-0.2, 0) is 4.79 Å². The topological polar surface area (TPSA) is 23.6 Å². The number of alkyl halides is 1. The lowest BCUT2D eigenvalue weighted by Crippen LogP contribution is -2.37. The number of rotatable bonds is 4. The summed E-state index contributed by atoms with van der Waals surface area (Å²) in [6, 6.07) is 0. The van der Waals surface area contributed by atoms with E-state index in [1.54, 1.807) is 0 Å². The van der Waals surface area contributed by atoms with E-state index in [0.29, 0.717) is 24.1 Å². The Morgan fingerprint density at radius 1 is 1.21 bits per heavy atom. The lowest BCUT2D eigenvalue weighted by atomic mass is 9.80. The summed E-state index contributed by atoms with van der Waals surface area (Å²) in [6.45, 7) is 13.5. The van der Waals surface area contributed by atoms with Gasteiger partial charge in [0.2, 0.25) is 5.91 Å². The van der Waals surface area contributed by atoms with Crippen molar-refractivity contribution in [2.75, 3.05) is 38.6 Å². The molecule has 0 aliphatic carbocycles. The number of carbonyl (C=O) groups excluding carboxylic acids is 1. The van der Waals surface area contributed by atoms with Gasteiger partial charge in [0.1, 0.15) is 0 Å². The number of hydrogen-bond acceptors (Lipinski definition) is 2. The first-order valence-corrected chi connectivity index (χ1v) is 7.94. The fourth-order valence-corrected chi connectivity index (χ4v) is 2.50. The summed E-state index contributed by atoms with van der Waals surface area (Å²) in [5, 5.41) is 0. The van der Waals surface area contributed by atoms with Crippen LogP contribution in [0.2, 0.25) is 0 Å². The Labute approximate surface area is 123 Å². The highest BCUT2D eigenvalue weighted by atomic mass is 35.5. The van der Waals surface area contributed by atoms with Crippen molar-refractivity contribution in [3.8, 4) is 0 Å². The maximum absolute atomic E-state index is 12.4. The summed E-state index contributed by atoms with van der Waals surface area (Å²) in [6.07, 6.45) is 1.73. The molecule has 1 atom stereocenters. The number of nitrogens with zero attached hydrogens (tertiary/aromatic N) is 2. The Morgan fingerprint density at radius 3 is 2.47 bits per heavy atom. The van der Waals surface area contributed by atoms with Crippen molar-refractivity contribution in [3.05, 3.63) is 0 Å². The fourth-order valence-electron chi connectivity index (χ4n) is 2.26. The van der Waals surface area contributed by atoms with E-state index >= 15 is 0 Å². The molecular weight excluding hydrogens is 260 g/mol. The Hall–Kier alpha value is -0.280. The molecule has 1 heterocycles.